The molecule has 4 heterocycles. The molecule has 0 spiro atoms. The lowest BCUT2D eigenvalue weighted by Gasteiger charge is -2.41. The molecule has 41 heavy (non-hydrogen) atoms. The maximum atomic E-state index is 15.7. The summed E-state index contributed by atoms with van der Waals surface area (Å²) in [4.78, 5) is 32.4. The first-order valence-corrected chi connectivity index (χ1v) is 12.4. The molecule has 1 fully saturated rings. The Bertz CT molecular complexity index is 1690. The number of ether oxygens (including phenoxy) is 1. The summed E-state index contributed by atoms with van der Waals surface area (Å²) in [7, 11) is 1.28. The Kier molecular flexibility index (Phi) is 7.73. The fraction of sp³-hybridized carbons (Fsp3) is 0.214. The molecule has 1 aromatic carbocycles. The number of anilines is 1. The number of nitrogens with zero attached hydrogens (tertiary/aromatic N) is 7. The Labute approximate surface area is 231 Å². The molecule has 1 aliphatic rings. The van der Waals surface area contributed by atoms with Crippen LogP contribution in [0, 0.1) is 28.8 Å². The summed E-state index contributed by atoms with van der Waals surface area (Å²) in [5.41, 5.74) is -0.819. The molecule has 0 N–H and O–H groups in total. The van der Waals surface area contributed by atoms with E-state index in [9.17, 15) is 23.2 Å². The molecule has 5 rings (SSSR count). The van der Waals surface area contributed by atoms with Crippen molar-refractivity contribution in [2.75, 3.05) is 31.6 Å². The normalized spacial score (nSPS) is 15.6. The number of methoxy groups -OCH3 is 1. The predicted octanol–water partition coefficient (Wildman–Crippen LogP) is 4.45. The number of rotatable bonds is 6. The molecule has 4 aromatic rings. The van der Waals surface area contributed by atoms with Crippen LogP contribution in [0.3, 0.4) is 0 Å². The summed E-state index contributed by atoms with van der Waals surface area (Å²) in [6.07, 6.45) is 3.61. The summed E-state index contributed by atoms with van der Waals surface area (Å²) >= 11 is 0. The third-order valence-electron chi connectivity index (χ3n) is 6.55. The molecule has 0 aliphatic carbocycles. The number of amides is 1. The van der Waals surface area contributed by atoms with Crippen LogP contribution in [0.5, 0.6) is 6.01 Å². The highest BCUT2D eigenvalue weighted by Gasteiger charge is 2.34. The van der Waals surface area contributed by atoms with Crippen LogP contribution >= 0.6 is 0 Å². The maximum Gasteiger partial charge on any atom is 0.318 e. The molecule has 0 bridgehead atoms. The zero-order chi connectivity index (χ0) is 29.1. The highest BCUT2D eigenvalue weighted by atomic mass is 19.1. The number of piperazine rings is 1. The van der Waals surface area contributed by atoms with Gasteiger partial charge in [0.25, 0.3) is 5.91 Å². The number of carbonyl (C=O) groups is 1. The lowest BCUT2D eigenvalue weighted by molar-refractivity contribution is -0.131. The summed E-state index contributed by atoms with van der Waals surface area (Å²) in [5, 5.41) is 9.57. The van der Waals surface area contributed by atoms with Gasteiger partial charge >= 0.3 is 6.01 Å². The molecule has 1 unspecified atom stereocenters. The zero-order valence-corrected chi connectivity index (χ0v) is 21.6. The Hall–Kier alpha value is -5.12. The Morgan fingerprint density at radius 2 is 2.00 bits per heavy atom. The van der Waals surface area contributed by atoms with E-state index in [4.69, 9.17) is 4.74 Å². The van der Waals surface area contributed by atoms with Gasteiger partial charge in [0, 0.05) is 43.7 Å². The first kappa shape index (κ1) is 27.4. The van der Waals surface area contributed by atoms with Crippen molar-refractivity contribution in [1.82, 2.24) is 24.8 Å². The topological polar surface area (TPSA) is 108 Å². The van der Waals surface area contributed by atoms with Crippen molar-refractivity contribution in [2.45, 2.75) is 12.5 Å². The number of fused-ring (bicyclic) bond motifs is 1. The number of halogens is 4. The second-order valence-corrected chi connectivity index (χ2v) is 9.05. The molecule has 0 radical (unpaired) electrons. The predicted molar refractivity (Wildman–Crippen MR) is 140 cm³/mol. The van der Waals surface area contributed by atoms with Crippen molar-refractivity contribution in [3.63, 3.8) is 0 Å². The monoisotopic (exact) mass is 563 g/mol. The number of nitriles is 1. The lowest BCUT2D eigenvalue weighted by atomic mass is 10.1. The summed E-state index contributed by atoms with van der Waals surface area (Å²) < 4.78 is 64.0. The fourth-order valence-corrected chi connectivity index (χ4v) is 4.61. The molecule has 208 valence electrons. The summed E-state index contributed by atoms with van der Waals surface area (Å²) in [5.74, 6) is -4.40. The van der Waals surface area contributed by atoms with Crippen molar-refractivity contribution >= 4 is 28.7 Å². The average Bonchev–Trinajstić information content (AvgIpc) is 2.98. The van der Waals surface area contributed by atoms with Crippen molar-refractivity contribution in [3.8, 4) is 23.3 Å². The van der Waals surface area contributed by atoms with Gasteiger partial charge in [0.15, 0.2) is 11.6 Å². The highest BCUT2D eigenvalue weighted by molar-refractivity contribution is 5.96. The molecular weight excluding hydrogens is 542 g/mol. The van der Waals surface area contributed by atoms with E-state index < -0.39 is 40.9 Å². The van der Waals surface area contributed by atoms with Gasteiger partial charge in [-0.2, -0.15) is 15.2 Å². The van der Waals surface area contributed by atoms with Gasteiger partial charge in [0.05, 0.1) is 36.7 Å². The summed E-state index contributed by atoms with van der Waals surface area (Å²) in [6, 6.07) is 8.54. The second-order valence-electron chi connectivity index (χ2n) is 9.05. The van der Waals surface area contributed by atoms with E-state index in [-0.39, 0.29) is 60.0 Å². The zero-order valence-electron chi connectivity index (χ0n) is 21.6. The van der Waals surface area contributed by atoms with Crippen LogP contribution in [0.4, 0.5) is 23.4 Å². The highest BCUT2D eigenvalue weighted by Crippen LogP contribution is 2.34. The van der Waals surface area contributed by atoms with Crippen molar-refractivity contribution in [3.05, 3.63) is 77.8 Å². The minimum absolute atomic E-state index is 0.0188. The van der Waals surface area contributed by atoms with Crippen LogP contribution in [0.25, 0.3) is 28.2 Å². The van der Waals surface area contributed by atoms with E-state index in [1.54, 1.807) is 23.1 Å². The quantitative estimate of drug-likeness (QED) is 0.250. The van der Waals surface area contributed by atoms with Crippen LogP contribution in [-0.4, -0.2) is 63.5 Å². The third-order valence-corrected chi connectivity index (χ3v) is 6.55. The Morgan fingerprint density at radius 3 is 2.73 bits per heavy atom. The van der Waals surface area contributed by atoms with E-state index in [0.29, 0.717) is 0 Å². The molecule has 9 nitrogen and oxygen atoms in total. The number of hydrogen-bond donors (Lipinski definition) is 0. The van der Waals surface area contributed by atoms with Crippen LogP contribution < -0.4 is 9.64 Å². The number of carbonyl (C=O) groups excluding carboxylic acids is 1. The van der Waals surface area contributed by atoms with Crippen molar-refractivity contribution < 1.29 is 27.1 Å². The van der Waals surface area contributed by atoms with Gasteiger partial charge in [0.1, 0.15) is 28.7 Å². The SMILES string of the molecule is COc1nc(N2CCN(C(=O)/C(F)=C/c3ccccn3)C(CC#N)C2)c2cnc(-c3cc(F)ccc3F)c(F)c2n1. The van der Waals surface area contributed by atoms with Gasteiger partial charge in [-0.15, -0.1) is 0 Å². The number of hydrogen-bond acceptors (Lipinski definition) is 8. The minimum atomic E-state index is -1.03. The molecule has 1 aliphatic heterocycles. The standard InChI is InChI=1S/C28H21F4N7O2/c1-41-28-36-25-20(14-35-24(23(25)32)19-12-16(29)5-6-21(19)30)26(37-28)38-10-11-39(18(15-38)7-8-33)27(40)22(31)13-17-4-2-3-9-34-17/h2-6,9,12-14,18H,7,10-11,15H2,1H3/b22-13-. The first-order valence-electron chi connectivity index (χ1n) is 12.4. The number of aromatic nitrogens is 4. The van der Waals surface area contributed by atoms with E-state index >= 15 is 4.39 Å². The molecule has 1 atom stereocenters. The van der Waals surface area contributed by atoms with Crippen LogP contribution in [0.15, 0.2) is 54.6 Å². The minimum Gasteiger partial charge on any atom is -0.467 e. The smallest absolute Gasteiger partial charge is 0.318 e. The largest absolute Gasteiger partial charge is 0.467 e. The second kappa shape index (κ2) is 11.5. The molecule has 1 amide bonds. The molecule has 3 aromatic heterocycles. The molecule has 13 heteroatoms. The molecular formula is C28H21F4N7O2. The van der Waals surface area contributed by atoms with Gasteiger partial charge in [-0.3, -0.25) is 14.8 Å². The third kappa shape index (κ3) is 5.49. The van der Waals surface area contributed by atoms with E-state index in [1.165, 1.54) is 24.4 Å². The van der Waals surface area contributed by atoms with E-state index in [0.717, 1.165) is 24.3 Å². The number of pyridine rings is 2. The molecule has 1 saturated heterocycles. The van der Waals surface area contributed by atoms with Crippen LogP contribution in [0.1, 0.15) is 12.1 Å². The lowest BCUT2D eigenvalue weighted by Crippen LogP contribution is -2.55. The van der Waals surface area contributed by atoms with Crippen LogP contribution in [0.2, 0.25) is 0 Å². The van der Waals surface area contributed by atoms with Crippen molar-refractivity contribution in [2.24, 2.45) is 0 Å². The van der Waals surface area contributed by atoms with E-state index in [1.807, 2.05) is 6.07 Å². The first-order chi connectivity index (χ1) is 19.8. The van der Waals surface area contributed by atoms with Gasteiger partial charge in [-0.25, -0.2) is 17.6 Å². The van der Waals surface area contributed by atoms with E-state index in [2.05, 4.69) is 19.9 Å². The van der Waals surface area contributed by atoms with Gasteiger partial charge in [0.2, 0.25) is 0 Å². The van der Waals surface area contributed by atoms with Gasteiger partial charge in [-0.1, -0.05) is 6.07 Å². The Balaban J connectivity index is 1.50. The molecule has 0 saturated carbocycles. The van der Waals surface area contributed by atoms with Gasteiger partial charge < -0.3 is 14.5 Å². The summed E-state index contributed by atoms with van der Waals surface area (Å²) in [6.45, 7) is 0.208. The van der Waals surface area contributed by atoms with Crippen molar-refractivity contribution in [1.29, 1.82) is 5.26 Å². The maximum absolute atomic E-state index is 15.7. The average molecular weight is 564 g/mol. The van der Waals surface area contributed by atoms with Gasteiger partial charge in [-0.05, 0) is 30.3 Å². The van der Waals surface area contributed by atoms with Crippen LogP contribution in [-0.2, 0) is 4.79 Å². The number of benzene rings is 1. The Morgan fingerprint density at radius 1 is 1.17 bits per heavy atom. The fourth-order valence-electron chi connectivity index (χ4n) is 4.61.